The van der Waals surface area contributed by atoms with Gasteiger partial charge in [-0.25, -0.2) is 5.06 Å². The second-order valence-electron chi connectivity index (χ2n) is 16.7. The smallest absolute Gasteiger partial charge is 0.353 e. The fraction of sp³-hybridized carbons (Fsp3) is 0.853. The van der Waals surface area contributed by atoms with Crippen molar-refractivity contribution in [2.24, 2.45) is 50.2 Å². The molecule has 4 saturated carbocycles. The van der Waals surface area contributed by atoms with Crippen molar-refractivity contribution in [2.45, 2.75) is 126 Å². The van der Waals surface area contributed by atoms with E-state index in [1.165, 1.54) is 0 Å². The number of amides is 2. The Hall–Kier alpha value is -1.90. The average Bonchev–Trinajstić information content (AvgIpc) is 2.86. The molecule has 0 radical (unpaired) electrons. The molecule has 1 N–H and O–H groups in total. The first-order valence-corrected chi connectivity index (χ1v) is 16.1. The number of allylic oxidation sites excluding steroid dienone is 2. The van der Waals surface area contributed by atoms with Gasteiger partial charge in [0.2, 0.25) is 5.91 Å². The Balaban J connectivity index is 1.52. The zero-order chi connectivity index (χ0) is 32.2. The first kappa shape index (κ1) is 32.5. The van der Waals surface area contributed by atoms with Gasteiger partial charge in [-0.3, -0.25) is 14.4 Å². The van der Waals surface area contributed by atoms with Crippen molar-refractivity contribution in [1.82, 2.24) is 10.4 Å². The zero-order valence-electron chi connectivity index (χ0n) is 27.5. The molecule has 0 heterocycles. The molecular weight excluding hydrogens is 557 g/mol. The summed E-state index contributed by atoms with van der Waals surface area (Å²) in [7, 11) is 1.04. The molecule has 5 rings (SSSR count). The highest BCUT2D eigenvalue weighted by molar-refractivity contribution is 5.95. The van der Waals surface area contributed by atoms with Gasteiger partial charge in [0.25, 0.3) is 5.91 Å². The molecule has 9 atom stereocenters. The van der Waals surface area contributed by atoms with E-state index in [0.29, 0.717) is 24.3 Å². The lowest BCUT2D eigenvalue weighted by Gasteiger charge is -2.70. The summed E-state index contributed by atoms with van der Waals surface area (Å²) in [6, 6.07) is 0.0695. The first-order chi connectivity index (χ1) is 19.5. The molecule has 9 heteroatoms. The van der Waals surface area contributed by atoms with E-state index in [9.17, 15) is 27.6 Å². The van der Waals surface area contributed by atoms with E-state index in [4.69, 9.17) is 0 Å². The molecular formula is C34H51F3N2O4. The van der Waals surface area contributed by atoms with Gasteiger partial charge in [0.15, 0.2) is 5.78 Å². The number of nitrogens with one attached hydrogen (secondary N) is 1. The number of carbonyl (C=O) groups is 3. The van der Waals surface area contributed by atoms with E-state index in [1.807, 2.05) is 6.08 Å². The van der Waals surface area contributed by atoms with Crippen molar-refractivity contribution >= 4 is 17.6 Å². The van der Waals surface area contributed by atoms with E-state index in [2.05, 4.69) is 51.7 Å². The molecule has 242 valence electrons. The largest absolute Gasteiger partial charge is 0.544 e. The molecule has 0 saturated heterocycles. The Morgan fingerprint density at radius 3 is 2.19 bits per heavy atom. The second-order valence-corrected chi connectivity index (χ2v) is 16.7. The minimum absolute atomic E-state index is 0.0180. The van der Waals surface area contributed by atoms with Gasteiger partial charge in [-0.15, -0.1) is 13.2 Å². The van der Waals surface area contributed by atoms with Crippen molar-refractivity contribution < 1.29 is 32.4 Å². The second kappa shape index (κ2) is 9.80. The van der Waals surface area contributed by atoms with Gasteiger partial charge < -0.3 is 5.32 Å². The van der Waals surface area contributed by atoms with E-state index in [0.717, 1.165) is 51.1 Å². The van der Waals surface area contributed by atoms with Gasteiger partial charge >= 0.3 is 6.36 Å². The van der Waals surface area contributed by atoms with Crippen LogP contribution in [0.2, 0.25) is 0 Å². The Morgan fingerprint density at radius 2 is 1.58 bits per heavy atom. The van der Waals surface area contributed by atoms with Crippen LogP contribution in [0.4, 0.5) is 13.2 Å². The van der Waals surface area contributed by atoms with Gasteiger partial charge in [0.1, 0.15) is 0 Å². The molecule has 0 aromatic heterocycles. The highest BCUT2D eigenvalue weighted by Crippen LogP contribution is 2.75. The highest BCUT2D eigenvalue weighted by atomic mass is 19.4. The van der Waals surface area contributed by atoms with Crippen molar-refractivity contribution in [2.75, 3.05) is 7.05 Å². The quantitative estimate of drug-likeness (QED) is 0.339. The SMILES string of the molecule is CC(=O)N[C@H]1CC[C@@]2(C)C(CC[C@]3(C)[C@@H]2C(=O)C=C2[C@@H]4C[C@@](C)(C(=O)N(C)OC(F)(F)F)CC[C@]4(C)CC[C@]23C)C1(C)C. The fourth-order valence-corrected chi connectivity index (χ4v) is 11.5. The maximum atomic E-state index is 14.5. The molecule has 6 nitrogen and oxygen atoms in total. The fourth-order valence-electron chi connectivity index (χ4n) is 11.5. The molecule has 5 aliphatic rings. The predicted molar refractivity (Wildman–Crippen MR) is 157 cm³/mol. The molecule has 5 aliphatic carbocycles. The third kappa shape index (κ3) is 4.72. The molecule has 0 aromatic rings. The number of alkyl halides is 3. The van der Waals surface area contributed by atoms with Crippen LogP contribution in [-0.2, 0) is 19.2 Å². The Labute approximate surface area is 254 Å². The number of rotatable bonds is 3. The lowest BCUT2D eigenvalue weighted by molar-refractivity contribution is -0.399. The van der Waals surface area contributed by atoms with Gasteiger partial charge in [0.05, 0.1) is 0 Å². The number of hydrogen-bond donors (Lipinski definition) is 1. The summed E-state index contributed by atoms with van der Waals surface area (Å²) in [4.78, 5) is 44.0. The van der Waals surface area contributed by atoms with Crippen LogP contribution in [0.25, 0.3) is 0 Å². The highest BCUT2D eigenvalue weighted by Gasteiger charge is 2.70. The summed E-state index contributed by atoms with van der Waals surface area (Å²) in [5.41, 5.74) is -0.979. The number of nitrogens with zero attached hydrogens (tertiary/aromatic N) is 1. The Morgan fingerprint density at radius 1 is 0.953 bits per heavy atom. The lowest BCUT2D eigenvalue weighted by Crippen LogP contribution is -2.67. The number of carbonyl (C=O) groups excluding carboxylic acids is 3. The molecule has 0 bridgehead atoms. The summed E-state index contributed by atoms with van der Waals surface area (Å²) in [6.45, 7) is 17.0. The van der Waals surface area contributed by atoms with Crippen LogP contribution < -0.4 is 5.32 Å². The predicted octanol–water partition coefficient (Wildman–Crippen LogP) is 7.38. The number of fused-ring (bicyclic) bond motifs is 7. The van der Waals surface area contributed by atoms with Crippen molar-refractivity contribution in [1.29, 1.82) is 0 Å². The first-order valence-electron chi connectivity index (χ1n) is 16.1. The summed E-state index contributed by atoms with van der Waals surface area (Å²) in [6.07, 6.45) is 4.04. The molecule has 4 fully saturated rings. The number of halogens is 3. The van der Waals surface area contributed by atoms with E-state index in [1.54, 1.807) is 13.8 Å². The molecule has 43 heavy (non-hydrogen) atoms. The van der Waals surface area contributed by atoms with Gasteiger partial charge in [-0.05, 0) is 103 Å². The van der Waals surface area contributed by atoms with Crippen molar-refractivity contribution in [3.63, 3.8) is 0 Å². The number of hydroxylamine groups is 2. The van der Waals surface area contributed by atoms with E-state index < -0.39 is 17.7 Å². The lowest BCUT2D eigenvalue weighted by atomic mass is 9.33. The van der Waals surface area contributed by atoms with Crippen molar-refractivity contribution in [3.8, 4) is 0 Å². The monoisotopic (exact) mass is 608 g/mol. The third-order valence-electron chi connectivity index (χ3n) is 14.0. The number of hydrogen-bond acceptors (Lipinski definition) is 4. The van der Waals surface area contributed by atoms with Crippen molar-refractivity contribution in [3.05, 3.63) is 11.6 Å². The van der Waals surface area contributed by atoms with Crippen LogP contribution in [0.5, 0.6) is 0 Å². The summed E-state index contributed by atoms with van der Waals surface area (Å²) in [5.74, 6) is -0.478. The standard InChI is InChI=1S/C34H51F3N2O4/c1-20(40)38-25-11-12-31(6)24(28(25,2)3)10-13-33(8)26(31)23(41)18-21-22-19-30(5,27(42)39(9)43-34(35,36)37)15-14-29(22,4)16-17-32(21,33)7/h18,22,24-26H,10-17,19H2,1-9H3,(H,38,40)/t22-,24?,25-,26+,29+,30-,31-,32+,33+/m0/s1. The average molecular weight is 609 g/mol. The Kier molecular flexibility index (Phi) is 7.40. The maximum absolute atomic E-state index is 14.5. The topological polar surface area (TPSA) is 75.7 Å². The zero-order valence-corrected chi connectivity index (χ0v) is 27.5. The van der Waals surface area contributed by atoms with Crippen LogP contribution in [0.3, 0.4) is 0 Å². The minimum atomic E-state index is -4.94. The summed E-state index contributed by atoms with van der Waals surface area (Å²) >= 11 is 0. The van der Waals surface area contributed by atoms with E-state index >= 15 is 0 Å². The third-order valence-corrected chi connectivity index (χ3v) is 14.0. The van der Waals surface area contributed by atoms with Crippen LogP contribution in [-0.4, -0.2) is 42.1 Å². The molecule has 0 spiro atoms. The Bertz CT molecular complexity index is 1250. The maximum Gasteiger partial charge on any atom is 0.544 e. The van der Waals surface area contributed by atoms with Crippen LogP contribution in [0.1, 0.15) is 113 Å². The van der Waals surface area contributed by atoms with Crippen LogP contribution in [0, 0.1) is 50.2 Å². The molecule has 2 amide bonds. The summed E-state index contributed by atoms with van der Waals surface area (Å²) < 4.78 is 39.0. The minimum Gasteiger partial charge on any atom is -0.353 e. The molecule has 1 unspecified atom stereocenters. The van der Waals surface area contributed by atoms with Gasteiger partial charge in [-0.1, -0.05) is 54.0 Å². The number of ketones is 1. The van der Waals surface area contributed by atoms with E-state index in [-0.39, 0.29) is 62.6 Å². The van der Waals surface area contributed by atoms with Crippen LogP contribution in [0.15, 0.2) is 11.6 Å². The van der Waals surface area contributed by atoms with Gasteiger partial charge in [-0.2, -0.15) is 4.84 Å². The molecule has 0 aromatic carbocycles. The summed E-state index contributed by atoms with van der Waals surface area (Å²) in [5, 5.41) is 3.55. The normalized spacial score (nSPS) is 45.5. The van der Waals surface area contributed by atoms with Gasteiger partial charge in [0, 0.05) is 31.3 Å². The van der Waals surface area contributed by atoms with Crippen LogP contribution >= 0.6 is 0 Å². The molecule has 0 aliphatic heterocycles.